The molecular weight excluding hydrogens is 311 g/mol. The minimum Gasteiger partial charge on any atom is -0.488 e. The highest BCUT2D eigenvalue weighted by Crippen LogP contribution is 2.30. The SMILES string of the molecule is CN(C(=O)OC(C)(C)C)C1CCC(Oc2cc(F)ccc2N)CC1. The first kappa shape index (κ1) is 18.4. The molecule has 0 bridgehead atoms. The van der Waals surface area contributed by atoms with E-state index in [1.54, 1.807) is 11.9 Å². The predicted molar refractivity (Wildman–Crippen MR) is 91.5 cm³/mol. The molecule has 2 rings (SSSR count). The van der Waals surface area contributed by atoms with Crippen LogP contribution >= 0.6 is 0 Å². The average molecular weight is 338 g/mol. The van der Waals surface area contributed by atoms with Crippen LogP contribution in [0.5, 0.6) is 5.75 Å². The van der Waals surface area contributed by atoms with Crippen LogP contribution < -0.4 is 10.5 Å². The lowest BCUT2D eigenvalue weighted by atomic mass is 9.92. The molecule has 0 radical (unpaired) electrons. The maximum atomic E-state index is 13.3. The predicted octanol–water partition coefficient (Wildman–Crippen LogP) is 3.96. The van der Waals surface area contributed by atoms with E-state index < -0.39 is 5.60 Å². The van der Waals surface area contributed by atoms with Crippen molar-refractivity contribution in [1.29, 1.82) is 0 Å². The van der Waals surface area contributed by atoms with Gasteiger partial charge in [0.2, 0.25) is 0 Å². The Kier molecular flexibility index (Phi) is 5.57. The van der Waals surface area contributed by atoms with Crippen LogP contribution in [-0.4, -0.2) is 35.8 Å². The third-order valence-corrected chi connectivity index (χ3v) is 4.14. The monoisotopic (exact) mass is 338 g/mol. The number of benzene rings is 1. The van der Waals surface area contributed by atoms with Crippen LogP contribution in [0.15, 0.2) is 18.2 Å². The Morgan fingerprint density at radius 1 is 1.25 bits per heavy atom. The first-order chi connectivity index (χ1) is 11.2. The second kappa shape index (κ2) is 7.28. The standard InChI is InChI=1S/C18H27FN2O3/c1-18(2,3)24-17(22)21(4)13-6-8-14(9-7-13)23-16-11-12(19)5-10-15(16)20/h5,10-11,13-14H,6-9,20H2,1-4H3. The molecule has 0 unspecified atom stereocenters. The average Bonchev–Trinajstić information content (AvgIpc) is 2.49. The summed E-state index contributed by atoms with van der Waals surface area (Å²) in [7, 11) is 1.77. The van der Waals surface area contributed by atoms with Crippen molar-refractivity contribution in [2.75, 3.05) is 12.8 Å². The van der Waals surface area contributed by atoms with Crippen molar-refractivity contribution in [2.24, 2.45) is 0 Å². The molecule has 1 aliphatic carbocycles. The number of hydrogen-bond acceptors (Lipinski definition) is 4. The smallest absolute Gasteiger partial charge is 0.410 e. The molecule has 2 N–H and O–H groups in total. The molecule has 0 heterocycles. The van der Waals surface area contributed by atoms with Crippen LogP contribution in [0.2, 0.25) is 0 Å². The highest BCUT2D eigenvalue weighted by molar-refractivity contribution is 5.68. The summed E-state index contributed by atoms with van der Waals surface area (Å²) < 4.78 is 24.5. The Balaban J connectivity index is 1.87. The zero-order valence-corrected chi connectivity index (χ0v) is 14.8. The highest BCUT2D eigenvalue weighted by atomic mass is 19.1. The molecule has 0 atom stereocenters. The zero-order valence-electron chi connectivity index (χ0n) is 14.8. The number of rotatable bonds is 3. The van der Waals surface area contributed by atoms with Gasteiger partial charge in [-0.15, -0.1) is 0 Å². The fraction of sp³-hybridized carbons (Fsp3) is 0.611. The van der Waals surface area contributed by atoms with Crippen molar-refractivity contribution < 1.29 is 18.7 Å². The van der Waals surface area contributed by atoms with Crippen LogP contribution in [0.4, 0.5) is 14.9 Å². The Labute approximate surface area is 142 Å². The number of nitrogens with zero attached hydrogens (tertiary/aromatic N) is 1. The molecule has 0 aromatic heterocycles. The summed E-state index contributed by atoms with van der Waals surface area (Å²) in [5.74, 6) is 0.0245. The summed E-state index contributed by atoms with van der Waals surface area (Å²) in [6, 6.07) is 4.26. The lowest BCUT2D eigenvalue weighted by molar-refractivity contribution is 0.0139. The first-order valence-electron chi connectivity index (χ1n) is 8.33. The maximum Gasteiger partial charge on any atom is 0.410 e. The summed E-state index contributed by atoms with van der Waals surface area (Å²) in [6.45, 7) is 5.56. The minimum absolute atomic E-state index is 0.0163. The van der Waals surface area contributed by atoms with Crippen LogP contribution in [0.25, 0.3) is 0 Å². The third kappa shape index (κ3) is 5.01. The van der Waals surface area contributed by atoms with Crippen molar-refractivity contribution in [3.8, 4) is 5.75 Å². The van der Waals surface area contributed by atoms with Gasteiger partial charge in [-0.05, 0) is 58.6 Å². The number of carbonyl (C=O) groups is 1. The van der Waals surface area contributed by atoms with Crippen molar-refractivity contribution >= 4 is 11.8 Å². The van der Waals surface area contributed by atoms with Gasteiger partial charge >= 0.3 is 6.09 Å². The Bertz CT molecular complexity index is 578. The molecule has 1 amide bonds. The summed E-state index contributed by atoms with van der Waals surface area (Å²) in [6.07, 6.45) is 2.88. The van der Waals surface area contributed by atoms with Gasteiger partial charge < -0.3 is 20.1 Å². The summed E-state index contributed by atoms with van der Waals surface area (Å²) >= 11 is 0. The van der Waals surface area contributed by atoms with Gasteiger partial charge in [0.15, 0.2) is 0 Å². The molecule has 1 aliphatic rings. The van der Waals surface area contributed by atoms with E-state index >= 15 is 0 Å². The number of nitrogens with two attached hydrogens (primary N) is 1. The molecular formula is C18H27FN2O3. The summed E-state index contributed by atoms with van der Waals surface area (Å²) in [4.78, 5) is 13.8. The largest absolute Gasteiger partial charge is 0.488 e. The van der Waals surface area contributed by atoms with Crippen molar-refractivity contribution in [1.82, 2.24) is 4.90 Å². The van der Waals surface area contributed by atoms with E-state index in [1.165, 1.54) is 18.2 Å². The minimum atomic E-state index is -0.499. The van der Waals surface area contributed by atoms with E-state index in [4.69, 9.17) is 15.2 Å². The van der Waals surface area contributed by atoms with E-state index in [-0.39, 0.29) is 24.1 Å². The number of carbonyl (C=O) groups excluding carboxylic acids is 1. The quantitative estimate of drug-likeness (QED) is 0.847. The number of nitrogen functional groups attached to an aromatic ring is 1. The van der Waals surface area contributed by atoms with Gasteiger partial charge in [-0.1, -0.05) is 0 Å². The molecule has 0 aliphatic heterocycles. The van der Waals surface area contributed by atoms with E-state index in [2.05, 4.69) is 0 Å². The molecule has 134 valence electrons. The normalized spacial score (nSPS) is 21.2. The van der Waals surface area contributed by atoms with Gasteiger partial charge in [0.05, 0.1) is 11.8 Å². The van der Waals surface area contributed by atoms with Gasteiger partial charge in [-0.3, -0.25) is 0 Å². The topological polar surface area (TPSA) is 64.8 Å². The molecule has 0 spiro atoms. The fourth-order valence-electron chi connectivity index (χ4n) is 2.82. The number of hydrogen-bond donors (Lipinski definition) is 1. The number of amides is 1. The maximum absolute atomic E-state index is 13.3. The highest BCUT2D eigenvalue weighted by Gasteiger charge is 2.30. The molecule has 1 aromatic rings. The van der Waals surface area contributed by atoms with Crippen LogP contribution in [0.1, 0.15) is 46.5 Å². The number of anilines is 1. The van der Waals surface area contributed by atoms with Crippen molar-refractivity contribution in [3.63, 3.8) is 0 Å². The van der Waals surface area contributed by atoms with Crippen LogP contribution in [0.3, 0.4) is 0 Å². The van der Waals surface area contributed by atoms with Gasteiger partial charge in [-0.25, -0.2) is 9.18 Å². The van der Waals surface area contributed by atoms with Crippen molar-refractivity contribution in [3.05, 3.63) is 24.0 Å². The first-order valence-corrected chi connectivity index (χ1v) is 8.33. The Morgan fingerprint density at radius 2 is 1.88 bits per heavy atom. The molecule has 1 aromatic carbocycles. The molecule has 0 saturated heterocycles. The van der Waals surface area contributed by atoms with Gasteiger partial charge in [0.25, 0.3) is 0 Å². The lowest BCUT2D eigenvalue weighted by Gasteiger charge is -2.35. The third-order valence-electron chi connectivity index (χ3n) is 4.14. The molecule has 5 nitrogen and oxygen atoms in total. The van der Waals surface area contributed by atoms with Crippen LogP contribution in [0, 0.1) is 5.82 Å². The number of ether oxygens (including phenoxy) is 2. The molecule has 1 saturated carbocycles. The van der Waals surface area contributed by atoms with Crippen LogP contribution in [-0.2, 0) is 4.74 Å². The Morgan fingerprint density at radius 3 is 2.46 bits per heavy atom. The second-order valence-corrected chi connectivity index (χ2v) is 7.32. The molecule has 6 heteroatoms. The van der Waals surface area contributed by atoms with Gasteiger partial charge in [0, 0.05) is 19.2 Å². The van der Waals surface area contributed by atoms with E-state index in [9.17, 15) is 9.18 Å². The van der Waals surface area contributed by atoms with Crippen molar-refractivity contribution in [2.45, 2.75) is 64.2 Å². The molecule has 1 fully saturated rings. The van der Waals surface area contributed by atoms with E-state index in [1.807, 2.05) is 20.8 Å². The van der Waals surface area contributed by atoms with E-state index in [0.29, 0.717) is 11.4 Å². The van der Waals surface area contributed by atoms with Gasteiger partial charge in [0.1, 0.15) is 17.2 Å². The summed E-state index contributed by atoms with van der Waals surface area (Å²) in [5.41, 5.74) is 5.75. The lowest BCUT2D eigenvalue weighted by Crippen LogP contribution is -2.43. The fourth-order valence-corrected chi connectivity index (χ4v) is 2.82. The second-order valence-electron chi connectivity index (χ2n) is 7.32. The molecule has 24 heavy (non-hydrogen) atoms. The van der Waals surface area contributed by atoms with E-state index in [0.717, 1.165) is 25.7 Å². The zero-order chi connectivity index (χ0) is 17.9. The Hall–Kier alpha value is -1.98. The van der Waals surface area contributed by atoms with Gasteiger partial charge in [-0.2, -0.15) is 0 Å². The summed E-state index contributed by atoms with van der Waals surface area (Å²) in [5, 5.41) is 0. The number of halogens is 1.